The van der Waals surface area contributed by atoms with Crippen LogP contribution >= 0.6 is 0 Å². The molecule has 0 fully saturated rings. The van der Waals surface area contributed by atoms with Crippen LogP contribution in [0.25, 0.3) is 0 Å². The third kappa shape index (κ3) is 20.4. The summed E-state index contributed by atoms with van der Waals surface area (Å²) in [6.45, 7) is 14.3. The van der Waals surface area contributed by atoms with Gasteiger partial charge in [0.1, 0.15) is 12.4 Å². The van der Waals surface area contributed by atoms with E-state index in [4.69, 9.17) is 9.84 Å². The Morgan fingerprint density at radius 3 is 1.72 bits per heavy atom. The van der Waals surface area contributed by atoms with Crippen LogP contribution in [-0.4, -0.2) is 17.8 Å². The number of hydrogen-bond acceptors (Lipinski definition) is 2. The van der Waals surface area contributed by atoms with Crippen molar-refractivity contribution in [3.63, 3.8) is 0 Å². The third-order valence-electron chi connectivity index (χ3n) is 1.23. The summed E-state index contributed by atoms with van der Waals surface area (Å²) in [4.78, 5) is 0. The molecular weight excluding hydrogens is 224 g/mol. The average Bonchev–Trinajstić information content (AvgIpc) is 2.43. The summed E-state index contributed by atoms with van der Waals surface area (Å²) in [5, 5.41) is 8.89. The highest BCUT2D eigenvalue weighted by atomic mass is 16.5. The summed E-state index contributed by atoms with van der Waals surface area (Å²) in [5.41, 5.74) is 0. The first kappa shape index (κ1) is 22.2. The van der Waals surface area contributed by atoms with Crippen LogP contribution in [0.15, 0.2) is 30.3 Å². The van der Waals surface area contributed by atoms with E-state index in [1.54, 1.807) is 6.92 Å². The molecule has 0 saturated carbocycles. The zero-order valence-electron chi connectivity index (χ0n) is 13.2. The van der Waals surface area contributed by atoms with Crippen LogP contribution in [0.5, 0.6) is 5.75 Å². The Labute approximate surface area is 114 Å². The predicted octanol–water partition coefficient (Wildman–Crippen LogP) is 4.91. The summed E-state index contributed by atoms with van der Waals surface area (Å²) >= 11 is 0. The maximum atomic E-state index is 8.89. The molecule has 1 atom stereocenters. The summed E-state index contributed by atoms with van der Waals surface area (Å²) in [6, 6.07) is 9.45. The molecule has 0 radical (unpaired) electrons. The van der Waals surface area contributed by atoms with Crippen molar-refractivity contribution < 1.29 is 9.84 Å². The third-order valence-corrected chi connectivity index (χ3v) is 1.23. The van der Waals surface area contributed by atoms with Crippen LogP contribution in [0.1, 0.15) is 54.9 Å². The first-order valence-electron chi connectivity index (χ1n) is 7.06. The summed E-state index contributed by atoms with van der Waals surface area (Å²) in [6.07, 6.45) is 0.843. The molecule has 0 aliphatic rings. The molecule has 2 heteroatoms. The van der Waals surface area contributed by atoms with Gasteiger partial charge in [-0.1, -0.05) is 66.2 Å². The Kier molecular flexibility index (Phi) is 26.2. The van der Waals surface area contributed by atoms with E-state index in [1.807, 2.05) is 58.0 Å². The summed E-state index contributed by atoms with van der Waals surface area (Å²) in [7, 11) is 0. The smallest absolute Gasteiger partial charge is 0.119 e. The fraction of sp³-hybridized carbons (Fsp3) is 0.625. The molecule has 2 nitrogen and oxygen atoms in total. The second-order valence-electron chi connectivity index (χ2n) is 3.18. The van der Waals surface area contributed by atoms with Crippen molar-refractivity contribution in [2.75, 3.05) is 6.61 Å². The molecule has 0 aliphatic carbocycles. The molecule has 0 bridgehead atoms. The molecule has 0 aromatic heterocycles. The van der Waals surface area contributed by atoms with Gasteiger partial charge in [-0.2, -0.15) is 0 Å². The quantitative estimate of drug-likeness (QED) is 0.832. The van der Waals surface area contributed by atoms with Crippen molar-refractivity contribution in [2.24, 2.45) is 0 Å². The number of rotatable bonds is 3. The largest absolute Gasteiger partial charge is 0.491 e. The van der Waals surface area contributed by atoms with Crippen molar-refractivity contribution in [3.8, 4) is 5.75 Å². The number of para-hydroxylation sites is 1. The standard InChI is InChI=1S/C9H12O2.C3H8.2C2H6/c1-8(10)7-11-9-5-3-2-4-6-9;1-3-2;2*1-2/h2-6,8,10H,7H2,1H3;3H2,1-2H3;2*1-2H3. The molecule has 1 rings (SSSR count). The molecule has 1 aromatic carbocycles. The Morgan fingerprint density at radius 2 is 1.39 bits per heavy atom. The van der Waals surface area contributed by atoms with E-state index in [0.29, 0.717) is 6.61 Å². The normalized spacial score (nSPS) is 9.33. The minimum Gasteiger partial charge on any atom is -0.491 e. The molecule has 0 heterocycles. The lowest BCUT2D eigenvalue weighted by molar-refractivity contribution is 0.123. The van der Waals surface area contributed by atoms with Gasteiger partial charge < -0.3 is 9.84 Å². The minimum atomic E-state index is -0.407. The number of benzene rings is 1. The fourth-order valence-electron chi connectivity index (χ4n) is 0.734. The predicted molar refractivity (Wildman–Crippen MR) is 82.3 cm³/mol. The first-order valence-corrected chi connectivity index (χ1v) is 7.06. The van der Waals surface area contributed by atoms with Gasteiger partial charge in [0, 0.05) is 0 Å². The molecule has 0 saturated heterocycles. The van der Waals surface area contributed by atoms with Crippen LogP contribution in [0.2, 0.25) is 0 Å². The monoisotopic (exact) mass is 256 g/mol. The van der Waals surface area contributed by atoms with Gasteiger partial charge in [-0.05, 0) is 19.1 Å². The van der Waals surface area contributed by atoms with Gasteiger partial charge in [0.15, 0.2) is 0 Å². The van der Waals surface area contributed by atoms with Gasteiger partial charge in [-0.25, -0.2) is 0 Å². The van der Waals surface area contributed by atoms with E-state index >= 15 is 0 Å². The lowest BCUT2D eigenvalue weighted by atomic mass is 10.3. The lowest BCUT2D eigenvalue weighted by Crippen LogP contribution is -2.12. The van der Waals surface area contributed by atoms with Crippen LogP contribution in [-0.2, 0) is 0 Å². The van der Waals surface area contributed by atoms with Gasteiger partial charge in [-0.15, -0.1) is 0 Å². The lowest BCUT2D eigenvalue weighted by Gasteiger charge is -2.06. The van der Waals surface area contributed by atoms with Crippen molar-refractivity contribution in [3.05, 3.63) is 30.3 Å². The molecule has 108 valence electrons. The van der Waals surface area contributed by atoms with Gasteiger partial charge >= 0.3 is 0 Å². The van der Waals surface area contributed by atoms with E-state index in [1.165, 1.54) is 6.42 Å². The van der Waals surface area contributed by atoms with Crippen molar-refractivity contribution >= 4 is 0 Å². The topological polar surface area (TPSA) is 29.5 Å². The van der Waals surface area contributed by atoms with E-state index in [2.05, 4.69) is 13.8 Å². The highest BCUT2D eigenvalue weighted by molar-refractivity contribution is 5.20. The zero-order chi connectivity index (χ0) is 14.8. The van der Waals surface area contributed by atoms with E-state index < -0.39 is 6.10 Å². The van der Waals surface area contributed by atoms with E-state index in [-0.39, 0.29) is 0 Å². The van der Waals surface area contributed by atoms with Crippen molar-refractivity contribution in [1.29, 1.82) is 0 Å². The van der Waals surface area contributed by atoms with Crippen LogP contribution in [0.3, 0.4) is 0 Å². The number of aliphatic hydroxyl groups is 1. The van der Waals surface area contributed by atoms with E-state index in [0.717, 1.165) is 5.75 Å². The molecule has 1 N–H and O–H groups in total. The molecular formula is C16H32O2. The number of hydrogen-bond donors (Lipinski definition) is 1. The highest BCUT2D eigenvalue weighted by Crippen LogP contribution is 2.07. The summed E-state index contributed by atoms with van der Waals surface area (Å²) < 4.78 is 5.22. The molecule has 0 aliphatic heterocycles. The van der Waals surface area contributed by atoms with Crippen molar-refractivity contribution in [2.45, 2.75) is 61.0 Å². The Hall–Kier alpha value is -1.02. The molecule has 0 spiro atoms. The molecule has 1 aromatic rings. The Balaban J connectivity index is -0.000000274. The second kappa shape index (κ2) is 21.3. The maximum Gasteiger partial charge on any atom is 0.119 e. The van der Waals surface area contributed by atoms with Gasteiger partial charge in [0.2, 0.25) is 0 Å². The molecule has 1 unspecified atom stereocenters. The zero-order valence-corrected chi connectivity index (χ0v) is 13.2. The maximum absolute atomic E-state index is 8.89. The van der Waals surface area contributed by atoms with E-state index in [9.17, 15) is 0 Å². The SMILES string of the molecule is CC.CC.CC(O)COc1ccccc1.CCC. The average molecular weight is 256 g/mol. The number of ether oxygens (including phenoxy) is 1. The minimum absolute atomic E-state index is 0.351. The van der Waals surface area contributed by atoms with Gasteiger partial charge in [0.25, 0.3) is 0 Å². The van der Waals surface area contributed by atoms with Crippen molar-refractivity contribution in [1.82, 2.24) is 0 Å². The second-order valence-corrected chi connectivity index (χ2v) is 3.18. The van der Waals surface area contributed by atoms with Gasteiger partial charge in [-0.3, -0.25) is 0 Å². The summed E-state index contributed by atoms with van der Waals surface area (Å²) in [5.74, 6) is 0.799. The Bertz CT molecular complexity index is 208. The highest BCUT2D eigenvalue weighted by Gasteiger charge is 1.95. The van der Waals surface area contributed by atoms with Gasteiger partial charge in [0.05, 0.1) is 6.10 Å². The molecule has 18 heavy (non-hydrogen) atoms. The fourth-order valence-corrected chi connectivity index (χ4v) is 0.734. The first-order chi connectivity index (χ1) is 8.70. The molecule has 0 amide bonds. The number of aliphatic hydroxyl groups excluding tert-OH is 1. The van der Waals surface area contributed by atoms with Crippen LogP contribution < -0.4 is 4.74 Å². The Morgan fingerprint density at radius 1 is 1.00 bits per heavy atom. The van der Waals surface area contributed by atoms with Crippen LogP contribution in [0.4, 0.5) is 0 Å². The van der Waals surface area contributed by atoms with Crippen LogP contribution in [0, 0.1) is 0 Å².